The monoisotopic (exact) mass is 420 g/mol. The molecule has 1 N–H and O–H groups in total. The fraction of sp³-hybridized carbons (Fsp3) is 0.167. The average molecular weight is 420 g/mol. The minimum Gasteiger partial charge on any atom is -0.355 e. The lowest BCUT2D eigenvalue weighted by atomic mass is 10.1. The predicted molar refractivity (Wildman–Crippen MR) is 99.1 cm³/mol. The first-order valence-corrected chi connectivity index (χ1v) is 8.63. The van der Waals surface area contributed by atoms with Crippen molar-refractivity contribution in [2.45, 2.75) is 6.92 Å². The summed E-state index contributed by atoms with van der Waals surface area (Å²) in [7, 11) is 1.38. The van der Waals surface area contributed by atoms with Gasteiger partial charge in [-0.25, -0.2) is 22.8 Å². The topological polar surface area (TPSA) is 102 Å². The van der Waals surface area contributed by atoms with Crippen LogP contribution in [0.3, 0.4) is 0 Å². The molecule has 0 aliphatic carbocycles. The molecule has 1 aromatic heterocycles. The lowest BCUT2D eigenvalue weighted by Gasteiger charge is -2.20. The molecule has 0 atom stereocenters. The predicted octanol–water partition coefficient (Wildman–Crippen LogP) is 1.70. The van der Waals surface area contributed by atoms with Crippen LogP contribution in [0.1, 0.15) is 17.3 Å². The van der Waals surface area contributed by atoms with E-state index in [9.17, 15) is 27.6 Å². The van der Waals surface area contributed by atoms with Gasteiger partial charge in [0.2, 0.25) is 0 Å². The molecule has 0 aliphatic rings. The van der Waals surface area contributed by atoms with Crippen molar-refractivity contribution in [3.05, 3.63) is 69.9 Å². The van der Waals surface area contributed by atoms with E-state index in [0.717, 1.165) is 29.2 Å². The minimum atomic E-state index is -1.25. The maximum absolute atomic E-state index is 14.5. The number of amides is 2. The average Bonchev–Trinajstić information content (AvgIpc) is 3.10. The third-order valence-electron chi connectivity index (χ3n) is 4.19. The highest BCUT2D eigenvalue weighted by atomic mass is 19.1. The minimum absolute atomic E-state index is 0.0281. The van der Waals surface area contributed by atoms with Gasteiger partial charge in [0.1, 0.15) is 11.5 Å². The molecule has 2 amide bonds. The van der Waals surface area contributed by atoms with E-state index >= 15 is 0 Å². The second kappa shape index (κ2) is 8.19. The molecular weight excluding hydrogens is 405 g/mol. The van der Waals surface area contributed by atoms with Crippen molar-refractivity contribution < 1.29 is 22.8 Å². The maximum Gasteiger partial charge on any atom is 0.377 e. The number of halogens is 3. The van der Waals surface area contributed by atoms with Crippen molar-refractivity contribution >= 4 is 17.6 Å². The number of anilines is 1. The molecule has 0 radical (unpaired) electrons. The second-order valence-corrected chi connectivity index (χ2v) is 5.93. The van der Waals surface area contributed by atoms with Crippen molar-refractivity contribution in [1.82, 2.24) is 25.1 Å². The SMILES string of the molecule is CCN(C(=O)n1nnn(-c2c(F)cccc2F)c1=O)c1ccc(C(=O)NC)cc1F. The Kier molecular flexibility index (Phi) is 5.67. The van der Waals surface area contributed by atoms with Gasteiger partial charge in [-0.05, 0) is 47.7 Å². The molecule has 2 aromatic carbocycles. The largest absolute Gasteiger partial charge is 0.377 e. The van der Waals surface area contributed by atoms with Crippen molar-refractivity contribution in [3.8, 4) is 5.69 Å². The summed E-state index contributed by atoms with van der Waals surface area (Å²) in [5.41, 5.74) is -2.25. The number of hydrogen-bond donors (Lipinski definition) is 1. The summed E-state index contributed by atoms with van der Waals surface area (Å²) >= 11 is 0. The van der Waals surface area contributed by atoms with Crippen LogP contribution in [0.25, 0.3) is 5.69 Å². The van der Waals surface area contributed by atoms with Gasteiger partial charge in [0, 0.05) is 19.2 Å². The molecule has 12 heteroatoms. The number of nitrogens with one attached hydrogen (secondary N) is 1. The molecule has 1 heterocycles. The number of carbonyl (C=O) groups is 2. The third-order valence-corrected chi connectivity index (χ3v) is 4.19. The van der Waals surface area contributed by atoms with Gasteiger partial charge in [0.15, 0.2) is 11.6 Å². The molecular formula is C18H15F3N6O3. The standard InChI is InChI=1S/C18H15F3N6O3/c1-3-25(14-8-7-10(9-13(14)21)16(28)22-2)17(29)27-18(30)26(23-24-27)15-11(19)5-4-6-12(15)20/h4-9H,3H2,1-2H3,(H,22,28). The summed E-state index contributed by atoms with van der Waals surface area (Å²) < 4.78 is 43.0. The fourth-order valence-corrected chi connectivity index (χ4v) is 2.73. The van der Waals surface area contributed by atoms with Crippen LogP contribution >= 0.6 is 0 Å². The van der Waals surface area contributed by atoms with E-state index in [1.54, 1.807) is 0 Å². The van der Waals surface area contributed by atoms with E-state index < -0.39 is 40.8 Å². The smallest absolute Gasteiger partial charge is 0.355 e. The van der Waals surface area contributed by atoms with Crippen LogP contribution in [0.15, 0.2) is 41.2 Å². The van der Waals surface area contributed by atoms with Gasteiger partial charge >= 0.3 is 11.7 Å². The first-order chi connectivity index (χ1) is 14.3. The number of tetrazole rings is 1. The summed E-state index contributed by atoms with van der Waals surface area (Å²) in [5.74, 6) is -3.59. The van der Waals surface area contributed by atoms with Crippen LogP contribution in [-0.4, -0.2) is 45.3 Å². The zero-order chi connectivity index (χ0) is 22.0. The highest BCUT2D eigenvalue weighted by Gasteiger charge is 2.26. The third kappa shape index (κ3) is 3.54. The normalized spacial score (nSPS) is 10.7. The van der Waals surface area contributed by atoms with Gasteiger partial charge in [-0.2, -0.15) is 4.68 Å². The Morgan fingerprint density at radius 3 is 2.30 bits per heavy atom. The van der Waals surface area contributed by atoms with Crippen LogP contribution in [0.4, 0.5) is 23.7 Å². The summed E-state index contributed by atoms with van der Waals surface area (Å²) in [5, 5.41) is 9.06. The number of carbonyl (C=O) groups excluding carboxylic acids is 2. The van der Waals surface area contributed by atoms with Gasteiger partial charge in [-0.1, -0.05) is 6.07 Å². The van der Waals surface area contributed by atoms with E-state index in [2.05, 4.69) is 15.7 Å². The fourth-order valence-electron chi connectivity index (χ4n) is 2.73. The van der Waals surface area contributed by atoms with Gasteiger partial charge in [-0.15, -0.1) is 4.68 Å². The van der Waals surface area contributed by atoms with Gasteiger partial charge in [0.05, 0.1) is 5.69 Å². The molecule has 0 bridgehead atoms. The van der Waals surface area contributed by atoms with Crippen molar-refractivity contribution in [2.75, 3.05) is 18.5 Å². The quantitative estimate of drug-likeness (QED) is 0.648. The Labute approximate surface area is 167 Å². The molecule has 30 heavy (non-hydrogen) atoms. The highest BCUT2D eigenvalue weighted by Crippen LogP contribution is 2.21. The highest BCUT2D eigenvalue weighted by molar-refractivity contribution is 5.96. The Bertz CT molecular complexity index is 1170. The van der Waals surface area contributed by atoms with Crippen LogP contribution in [0, 0.1) is 17.5 Å². The van der Waals surface area contributed by atoms with Crippen LogP contribution in [0.5, 0.6) is 0 Å². The van der Waals surface area contributed by atoms with E-state index in [1.807, 2.05) is 0 Å². The second-order valence-electron chi connectivity index (χ2n) is 5.93. The summed E-state index contributed by atoms with van der Waals surface area (Å²) in [6, 6.07) is 5.23. The number of rotatable bonds is 4. The lowest BCUT2D eigenvalue weighted by Crippen LogP contribution is -2.41. The van der Waals surface area contributed by atoms with Gasteiger partial charge < -0.3 is 5.32 Å². The summed E-state index contributed by atoms with van der Waals surface area (Å²) in [6.07, 6.45) is 0. The molecule has 0 saturated heterocycles. The van der Waals surface area contributed by atoms with Crippen molar-refractivity contribution in [1.29, 1.82) is 0 Å². The van der Waals surface area contributed by atoms with Crippen LogP contribution < -0.4 is 15.9 Å². The molecule has 0 aliphatic heterocycles. The number of aromatic nitrogens is 4. The molecule has 3 rings (SSSR count). The van der Waals surface area contributed by atoms with Crippen molar-refractivity contribution in [2.24, 2.45) is 0 Å². The first kappa shape index (κ1) is 20.8. The first-order valence-electron chi connectivity index (χ1n) is 8.63. The van der Waals surface area contributed by atoms with Gasteiger partial charge in [0.25, 0.3) is 5.91 Å². The van der Waals surface area contributed by atoms with E-state index in [0.29, 0.717) is 4.68 Å². The Morgan fingerprint density at radius 2 is 1.73 bits per heavy atom. The zero-order valence-corrected chi connectivity index (χ0v) is 15.8. The van der Waals surface area contributed by atoms with Gasteiger partial charge in [-0.3, -0.25) is 9.69 Å². The maximum atomic E-state index is 14.5. The summed E-state index contributed by atoms with van der Waals surface area (Å²) in [4.78, 5) is 37.8. The molecule has 0 fully saturated rings. The Hall–Kier alpha value is -3.96. The van der Waals surface area contributed by atoms with Crippen molar-refractivity contribution in [3.63, 3.8) is 0 Å². The van der Waals surface area contributed by atoms with E-state index in [-0.39, 0.29) is 22.5 Å². The Balaban J connectivity index is 2.01. The molecule has 156 valence electrons. The lowest BCUT2D eigenvalue weighted by molar-refractivity contribution is 0.0962. The number of nitrogens with zero attached hydrogens (tertiary/aromatic N) is 5. The number of hydrogen-bond acceptors (Lipinski definition) is 5. The van der Waals surface area contributed by atoms with Crippen LogP contribution in [0.2, 0.25) is 0 Å². The number of benzene rings is 2. The van der Waals surface area contributed by atoms with Crippen LogP contribution in [-0.2, 0) is 0 Å². The molecule has 0 spiro atoms. The van der Waals surface area contributed by atoms with E-state index in [1.165, 1.54) is 26.1 Å². The van der Waals surface area contributed by atoms with E-state index in [4.69, 9.17) is 0 Å². The molecule has 0 saturated carbocycles. The zero-order valence-electron chi connectivity index (χ0n) is 15.8. The molecule has 9 nitrogen and oxygen atoms in total. The molecule has 3 aromatic rings. The number of para-hydroxylation sites is 1. The molecule has 0 unspecified atom stereocenters. The summed E-state index contributed by atoms with van der Waals surface area (Å²) in [6.45, 7) is 1.43. The Morgan fingerprint density at radius 1 is 1.07 bits per heavy atom.